The van der Waals surface area contributed by atoms with Crippen LogP contribution in [0.25, 0.3) is 0 Å². The Kier molecular flexibility index (Phi) is 5.66. The Labute approximate surface area is 105 Å². The molecule has 0 aliphatic heterocycles. The van der Waals surface area contributed by atoms with Gasteiger partial charge in [-0.15, -0.1) is 0 Å². The largest absolute Gasteiger partial charge is 0.380 e. The monoisotopic (exact) mass is 235 g/mol. The van der Waals surface area contributed by atoms with Gasteiger partial charge in [-0.1, -0.05) is 25.1 Å². The fourth-order valence-corrected chi connectivity index (χ4v) is 2.08. The summed E-state index contributed by atoms with van der Waals surface area (Å²) in [7, 11) is 1.77. The van der Waals surface area contributed by atoms with E-state index in [4.69, 9.17) is 4.74 Å². The standard InChI is InChI=1S/C15H25NO/c1-6-10-16-15(13(4)17-5)14-9-7-8-11(2)12(14)3/h7-9,13,15-16H,6,10H2,1-5H3. The van der Waals surface area contributed by atoms with Crippen LogP contribution in [0.15, 0.2) is 18.2 Å². The maximum absolute atomic E-state index is 5.50. The SMILES string of the molecule is CCCNC(c1cccc(C)c1C)C(C)OC. The van der Waals surface area contributed by atoms with Crippen LogP contribution in [0.1, 0.15) is 43.0 Å². The van der Waals surface area contributed by atoms with Crippen LogP contribution in [-0.2, 0) is 4.74 Å². The average molecular weight is 235 g/mol. The van der Waals surface area contributed by atoms with Crippen LogP contribution < -0.4 is 5.32 Å². The van der Waals surface area contributed by atoms with Gasteiger partial charge in [0.1, 0.15) is 0 Å². The molecule has 17 heavy (non-hydrogen) atoms. The first kappa shape index (κ1) is 14.2. The number of benzene rings is 1. The normalized spacial score (nSPS) is 14.6. The molecule has 2 unspecified atom stereocenters. The van der Waals surface area contributed by atoms with Crippen molar-refractivity contribution in [3.63, 3.8) is 0 Å². The van der Waals surface area contributed by atoms with Gasteiger partial charge >= 0.3 is 0 Å². The Bertz CT molecular complexity index is 349. The fraction of sp³-hybridized carbons (Fsp3) is 0.600. The van der Waals surface area contributed by atoms with Crippen molar-refractivity contribution in [3.05, 3.63) is 34.9 Å². The number of rotatable bonds is 6. The minimum Gasteiger partial charge on any atom is -0.380 e. The molecule has 0 amide bonds. The highest BCUT2D eigenvalue weighted by Gasteiger charge is 2.20. The molecule has 0 fully saturated rings. The van der Waals surface area contributed by atoms with Crippen molar-refractivity contribution >= 4 is 0 Å². The molecular formula is C15H25NO. The molecule has 2 nitrogen and oxygen atoms in total. The summed E-state index contributed by atoms with van der Waals surface area (Å²) in [6.45, 7) is 9.67. The van der Waals surface area contributed by atoms with E-state index < -0.39 is 0 Å². The Morgan fingerprint density at radius 1 is 1.29 bits per heavy atom. The van der Waals surface area contributed by atoms with Gasteiger partial charge in [0.25, 0.3) is 0 Å². The summed E-state index contributed by atoms with van der Waals surface area (Å²) in [6.07, 6.45) is 1.32. The van der Waals surface area contributed by atoms with Crippen LogP contribution in [0.4, 0.5) is 0 Å². The van der Waals surface area contributed by atoms with Gasteiger partial charge in [-0.25, -0.2) is 0 Å². The van der Waals surface area contributed by atoms with Gasteiger partial charge in [0, 0.05) is 7.11 Å². The van der Waals surface area contributed by atoms with Crippen LogP contribution in [0.2, 0.25) is 0 Å². The van der Waals surface area contributed by atoms with Crippen molar-refractivity contribution in [2.45, 2.75) is 46.3 Å². The third kappa shape index (κ3) is 3.55. The van der Waals surface area contributed by atoms with E-state index in [-0.39, 0.29) is 12.1 Å². The molecule has 0 aliphatic rings. The molecule has 0 spiro atoms. The zero-order chi connectivity index (χ0) is 12.8. The second kappa shape index (κ2) is 6.77. The summed E-state index contributed by atoms with van der Waals surface area (Å²) in [6, 6.07) is 6.76. The van der Waals surface area contributed by atoms with Crippen LogP contribution in [0.3, 0.4) is 0 Å². The number of aryl methyl sites for hydroxylation is 1. The average Bonchev–Trinajstić information content (AvgIpc) is 2.34. The number of ether oxygens (including phenoxy) is 1. The quantitative estimate of drug-likeness (QED) is 0.816. The molecule has 0 aliphatic carbocycles. The Morgan fingerprint density at radius 2 is 2.00 bits per heavy atom. The van der Waals surface area contributed by atoms with E-state index in [9.17, 15) is 0 Å². The summed E-state index contributed by atoms with van der Waals surface area (Å²) in [5.74, 6) is 0. The maximum atomic E-state index is 5.50. The van der Waals surface area contributed by atoms with E-state index in [2.05, 4.69) is 51.2 Å². The van der Waals surface area contributed by atoms with Crippen LogP contribution in [0, 0.1) is 13.8 Å². The third-order valence-corrected chi connectivity index (χ3v) is 3.44. The minimum atomic E-state index is 0.182. The van der Waals surface area contributed by atoms with Gasteiger partial charge in [-0.3, -0.25) is 0 Å². The first-order valence-corrected chi connectivity index (χ1v) is 6.44. The molecule has 96 valence electrons. The molecule has 1 aromatic carbocycles. The van der Waals surface area contributed by atoms with Gasteiger partial charge in [0.05, 0.1) is 12.1 Å². The van der Waals surface area contributed by atoms with Gasteiger partial charge in [-0.2, -0.15) is 0 Å². The van der Waals surface area contributed by atoms with Gasteiger partial charge < -0.3 is 10.1 Å². The lowest BCUT2D eigenvalue weighted by Crippen LogP contribution is -2.32. The molecule has 2 heteroatoms. The van der Waals surface area contributed by atoms with Crippen molar-refractivity contribution in [2.75, 3.05) is 13.7 Å². The Balaban J connectivity index is 2.99. The van der Waals surface area contributed by atoms with Gasteiger partial charge in [-0.05, 0) is 50.4 Å². The predicted octanol–water partition coefficient (Wildman–Crippen LogP) is 3.38. The first-order chi connectivity index (χ1) is 8.11. The molecule has 1 N–H and O–H groups in total. The summed E-state index contributed by atoms with van der Waals surface area (Å²) in [5, 5.41) is 3.58. The van der Waals surface area contributed by atoms with Crippen LogP contribution in [0.5, 0.6) is 0 Å². The van der Waals surface area contributed by atoms with E-state index in [1.165, 1.54) is 16.7 Å². The molecule has 0 aromatic heterocycles. The van der Waals surface area contributed by atoms with Crippen LogP contribution >= 0.6 is 0 Å². The van der Waals surface area contributed by atoms with E-state index >= 15 is 0 Å². The second-order valence-electron chi connectivity index (χ2n) is 4.66. The van der Waals surface area contributed by atoms with Crippen molar-refractivity contribution in [3.8, 4) is 0 Å². The van der Waals surface area contributed by atoms with Crippen molar-refractivity contribution in [2.24, 2.45) is 0 Å². The highest BCUT2D eigenvalue weighted by atomic mass is 16.5. The number of methoxy groups -OCH3 is 1. The summed E-state index contributed by atoms with van der Waals surface area (Å²) in [4.78, 5) is 0. The Hall–Kier alpha value is -0.860. The third-order valence-electron chi connectivity index (χ3n) is 3.44. The zero-order valence-corrected chi connectivity index (χ0v) is 11.7. The lowest BCUT2D eigenvalue weighted by atomic mass is 9.94. The summed E-state index contributed by atoms with van der Waals surface area (Å²) < 4.78 is 5.50. The van der Waals surface area contributed by atoms with Crippen molar-refractivity contribution < 1.29 is 4.74 Å². The van der Waals surface area contributed by atoms with E-state index in [0.29, 0.717) is 0 Å². The molecule has 2 atom stereocenters. The summed E-state index contributed by atoms with van der Waals surface area (Å²) >= 11 is 0. The molecule has 0 heterocycles. The zero-order valence-electron chi connectivity index (χ0n) is 11.7. The highest BCUT2D eigenvalue weighted by Crippen LogP contribution is 2.24. The molecule has 1 rings (SSSR count). The number of hydrogen-bond donors (Lipinski definition) is 1. The fourth-order valence-electron chi connectivity index (χ4n) is 2.08. The topological polar surface area (TPSA) is 21.3 Å². The predicted molar refractivity (Wildman–Crippen MR) is 73.4 cm³/mol. The second-order valence-corrected chi connectivity index (χ2v) is 4.66. The molecular weight excluding hydrogens is 210 g/mol. The number of hydrogen-bond acceptors (Lipinski definition) is 2. The van der Waals surface area contributed by atoms with E-state index in [1.807, 2.05) is 0 Å². The lowest BCUT2D eigenvalue weighted by molar-refractivity contribution is 0.0828. The lowest BCUT2D eigenvalue weighted by Gasteiger charge is -2.26. The highest BCUT2D eigenvalue weighted by molar-refractivity contribution is 5.35. The van der Waals surface area contributed by atoms with Crippen molar-refractivity contribution in [1.29, 1.82) is 0 Å². The molecule has 0 saturated carbocycles. The molecule has 0 saturated heterocycles. The molecule has 0 bridgehead atoms. The first-order valence-electron chi connectivity index (χ1n) is 6.44. The maximum Gasteiger partial charge on any atom is 0.0737 e. The smallest absolute Gasteiger partial charge is 0.0737 e. The van der Waals surface area contributed by atoms with E-state index in [0.717, 1.165) is 13.0 Å². The van der Waals surface area contributed by atoms with E-state index in [1.54, 1.807) is 7.11 Å². The van der Waals surface area contributed by atoms with Gasteiger partial charge in [0.2, 0.25) is 0 Å². The summed E-state index contributed by atoms with van der Waals surface area (Å²) in [5.41, 5.74) is 4.06. The van der Waals surface area contributed by atoms with Crippen LogP contribution in [-0.4, -0.2) is 19.8 Å². The minimum absolute atomic E-state index is 0.182. The van der Waals surface area contributed by atoms with Gasteiger partial charge in [0.15, 0.2) is 0 Å². The molecule has 0 radical (unpaired) electrons. The molecule has 1 aromatic rings. The Morgan fingerprint density at radius 3 is 2.59 bits per heavy atom. The van der Waals surface area contributed by atoms with Crippen molar-refractivity contribution in [1.82, 2.24) is 5.32 Å². The number of nitrogens with one attached hydrogen (secondary N) is 1.